The fourth-order valence-electron chi connectivity index (χ4n) is 3.79. The summed E-state index contributed by atoms with van der Waals surface area (Å²) in [6.45, 7) is 7.63. The summed E-state index contributed by atoms with van der Waals surface area (Å²) >= 11 is 0. The molecule has 0 aliphatic heterocycles. The number of carboxylic acids is 1. The lowest BCUT2D eigenvalue weighted by molar-refractivity contribution is -1.04. The molecule has 1 atom stereocenters. The van der Waals surface area contributed by atoms with Crippen molar-refractivity contribution in [2.45, 2.75) is 40.7 Å². The molecule has 0 heterocycles. The van der Waals surface area contributed by atoms with Crippen LogP contribution in [0.5, 0.6) is 11.5 Å². The van der Waals surface area contributed by atoms with Crippen LogP contribution in [0, 0.1) is 5.41 Å². The van der Waals surface area contributed by atoms with Crippen LogP contribution in [0.1, 0.15) is 60.4 Å². The van der Waals surface area contributed by atoms with Gasteiger partial charge in [-0.15, -0.1) is 0 Å². The first-order valence-electron chi connectivity index (χ1n) is 11.9. The molecule has 0 saturated carbocycles. The topological polar surface area (TPSA) is 89.9 Å². The lowest BCUT2D eigenvalue weighted by atomic mass is 9.88. The van der Waals surface area contributed by atoms with Gasteiger partial charge in [0.1, 0.15) is 18.0 Å². The third kappa shape index (κ3) is 6.17. The zero-order valence-corrected chi connectivity index (χ0v) is 21.1. The largest absolute Gasteiger partial charge is 0.478 e. The van der Waals surface area contributed by atoms with Crippen molar-refractivity contribution in [2.24, 2.45) is 5.41 Å². The number of hydroxylamine groups is 3. The smallest absolute Gasteiger partial charge is 0.398 e. The summed E-state index contributed by atoms with van der Waals surface area (Å²) in [6, 6.07) is 22.3. The molecule has 0 aliphatic rings. The molecule has 0 aliphatic carbocycles. The summed E-state index contributed by atoms with van der Waals surface area (Å²) < 4.78 is 5.37. The summed E-state index contributed by atoms with van der Waals surface area (Å²) in [4.78, 5) is 44.4. The van der Waals surface area contributed by atoms with E-state index in [0.29, 0.717) is 17.9 Å². The lowest BCUT2D eigenvalue weighted by Gasteiger charge is -2.36. The van der Waals surface area contributed by atoms with Crippen LogP contribution < -0.4 is 4.74 Å². The van der Waals surface area contributed by atoms with Gasteiger partial charge in [0, 0.05) is 5.56 Å². The maximum Gasteiger partial charge on any atom is 0.398 e. The minimum atomic E-state index is -1.15. The van der Waals surface area contributed by atoms with E-state index in [9.17, 15) is 19.5 Å². The molecule has 7 nitrogen and oxygen atoms in total. The van der Waals surface area contributed by atoms with Gasteiger partial charge in [-0.25, -0.2) is 14.4 Å². The maximum absolute atomic E-state index is 13.8. The van der Waals surface area contributed by atoms with E-state index in [0.717, 1.165) is 5.56 Å². The number of carbonyl (C=O) groups excluding carboxylic acids is 2. The summed E-state index contributed by atoms with van der Waals surface area (Å²) in [6.07, 6.45) is 0.551. The Hall–Kier alpha value is -3.97. The molecule has 3 aromatic rings. The van der Waals surface area contributed by atoms with Crippen molar-refractivity contribution in [1.82, 2.24) is 0 Å². The number of aromatic carboxylic acids is 1. The fourth-order valence-corrected chi connectivity index (χ4v) is 3.79. The zero-order chi connectivity index (χ0) is 26.3. The van der Waals surface area contributed by atoms with E-state index in [1.165, 1.54) is 24.3 Å². The van der Waals surface area contributed by atoms with Gasteiger partial charge >= 0.3 is 17.8 Å². The number of ether oxygens (including phenoxy) is 1. The molecule has 1 amide bonds. The van der Waals surface area contributed by atoms with Crippen LogP contribution in [0.15, 0.2) is 78.9 Å². The number of hydrogen-bond donors (Lipinski definition) is 1. The Morgan fingerprint density at radius 2 is 1.47 bits per heavy atom. The molecule has 0 fully saturated rings. The second-order valence-corrected chi connectivity index (χ2v) is 9.23. The molecule has 1 N–H and O–H groups in total. The van der Waals surface area contributed by atoms with E-state index < -0.39 is 22.0 Å². The third-order valence-electron chi connectivity index (χ3n) is 6.26. The molecule has 0 radical (unpaired) electrons. The second-order valence-electron chi connectivity index (χ2n) is 9.23. The average Bonchev–Trinajstić information content (AvgIpc) is 2.88. The standard InChI is InChI=1S/C29H31NO6/c1-5-29(3,4)28(34)30(6-2,36-27(33)23-14-11-13-22(19-23)26(31)32)20-21-12-10-17-25(18-21)35-24-15-8-7-9-16-24/h7-19H,5-6,20H2,1-4H3/p+1/t30-/m1/s1. The van der Waals surface area contributed by atoms with E-state index in [2.05, 4.69) is 0 Å². The number of para-hydroxylation sites is 1. The highest BCUT2D eigenvalue weighted by Crippen LogP contribution is 2.32. The molecular weight excluding hydrogens is 458 g/mol. The van der Waals surface area contributed by atoms with E-state index in [1.807, 2.05) is 75.4 Å². The Kier molecular flexibility index (Phi) is 8.27. The monoisotopic (exact) mass is 490 g/mol. The van der Waals surface area contributed by atoms with Crippen molar-refractivity contribution in [2.75, 3.05) is 6.54 Å². The number of hydrogen-bond acceptors (Lipinski definition) is 5. The fraction of sp³-hybridized carbons (Fsp3) is 0.276. The molecule has 0 saturated heterocycles. The minimum absolute atomic E-state index is 0.0370. The van der Waals surface area contributed by atoms with Crippen LogP contribution in [-0.2, 0) is 16.2 Å². The molecule has 7 heteroatoms. The Morgan fingerprint density at radius 1 is 0.833 bits per heavy atom. The first-order valence-corrected chi connectivity index (χ1v) is 11.9. The zero-order valence-electron chi connectivity index (χ0n) is 21.1. The van der Waals surface area contributed by atoms with Gasteiger partial charge in [-0.05, 0) is 69.7 Å². The Balaban J connectivity index is 1.97. The van der Waals surface area contributed by atoms with Crippen molar-refractivity contribution < 1.29 is 33.7 Å². The van der Waals surface area contributed by atoms with Crippen LogP contribution in [0.3, 0.4) is 0 Å². The van der Waals surface area contributed by atoms with Crippen LogP contribution in [0.4, 0.5) is 0 Å². The van der Waals surface area contributed by atoms with Gasteiger partial charge in [0.05, 0.1) is 16.5 Å². The second kappa shape index (κ2) is 11.2. The van der Waals surface area contributed by atoms with Crippen molar-refractivity contribution in [3.8, 4) is 11.5 Å². The van der Waals surface area contributed by atoms with Crippen LogP contribution >= 0.6 is 0 Å². The molecule has 0 aromatic heterocycles. The summed E-state index contributed by atoms with van der Waals surface area (Å²) in [7, 11) is 0. The predicted molar refractivity (Wildman–Crippen MR) is 135 cm³/mol. The Morgan fingerprint density at radius 3 is 2.11 bits per heavy atom. The predicted octanol–water partition coefficient (Wildman–Crippen LogP) is 6.25. The number of carbonyl (C=O) groups is 3. The highest BCUT2D eigenvalue weighted by molar-refractivity contribution is 5.94. The number of nitrogens with zero attached hydrogens (tertiary/aromatic N) is 1. The Bertz CT molecular complexity index is 1240. The normalized spacial score (nSPS) is 12.9. The number of benzene rings is 3. The number of amides is 1. The molecule has 0 spiro atoms. The molecular formula is C29H32NO6+. The summed E-state index contributed by atoms with van der Waals surface area (Å²) in [5.41, 5.74) is 0.00826. The van der Waals surface area contributed by atoms with Gasteiger partial charge < -0.3 is 9.84 Å². The van der Waals surface area contributed by atoms with Gasteiger partial charge in [-0.1, -0.05) is 48.0 Å². The van der Waals surface area contributed by atoms with Crippen LogP contribution in [-0.4, -0.2) is 34.1 Å². The van der Waals surface area contributed by atoms with Crippen molar-refractivity contribution in [3.05, 3.63) is 95.6 Å². The third-order valence-corrected chi connectivity index (χ3v) is 6.26. The average molecular weight is 491 g/mol. The number of quaternary nitrogens is 1. The number of rotatable bonds is 9. The summed E-state index contributed by atoms with van der Waals surface area (Å²) in [5.74, 6) is -0.893. The molecule has 36 heavy (non-hydrogen) atoms. The quantitative estimate of drug-likeness (QED) is 0.282. The first-order chi connectivity index (χ1) is 17.1. The minimum Gasteiger partial charge on any atom is -0.478 e. The van der Waals surface area contributed by atoms with Gasteiger partial charge in [0.25, 0.3) is 0 Å². The maximum atomic E-state index is 13.8. The SMILES string of the molecule is CCC(C)(C)C(=O)[N@@+](CC)(Cc1cccc(Oc2ccccc2)c1)OC(=O)c1cccc(C(=O)O)c1. The lowest BCUT2D eigenvalue weighted by Crippen LogP contribution is -2.57. The van der Waals surface area contributed by atoms with E-state index in [4.69, 9.17) is 9.57 Å². The first kappa shape index (κ1) is 26.6. The number of carboxylic acid groups (broad SMARTS) is 1. The van der Waals surface area contributed by atoms with Crippen LogP contribution in [0.2, 0.25) is 0 Å². The van der Waals surface area contributed by atoms with E-state index in [1.54, 1.807) is 6.92 Å². The van der Waals surface area contributed by atoms with Gasteiger partial charge in [-0.3, -0.25) is 4.84 Å². The van der Waals surface area contributed by atoms with E-state index >= 15 is 0 Å². The van der Waals surface area contributed by atoms with Gasteiger partial charge in [0.15, 0.2) is 6.54 Å². The molecule has 188 valence electrons. The van der Waals surface area contributed by atoms with Crippen LogP contribution in [0.25, 0.3) is 0 Å². The highest BCUT2D eigenvalue weighted by atomic mass is 16.8. The highest BCUT2D eigenvalue weighted by Gasteiger charge is 2.49. The van der Waals surface area contributed by atoms with Crippen molar-refractivity contribution in [1.29, 1.82) is 0 Å². The molecule has 0 unspecified atom stereocenters. The van der Waals surface area contributed by atoms with E-state index in [-0.39, 0.29) is 30.1 Å². The van der Waals surface area contributed by atoms with Gasteiger partial charge in [0.2, 0.25) is 0 Å². The van der Waals surface area contributed by atoms with Crippen molar-refractivity contribution >= 4 is 17.8 Å². The Labute approximate surface area is 211 Å². The summed E-state index contributed by atoms with van der Waals surface area (Å²) in [5, 5.41) is 9.30. The molecule has 3 rings (SSSR count). The van der Waals surface area contributed by atoms with Crippen molar-refractivity contribution in [3.63, 3.8) is 0 Å². The van der Waals surface area contributed by atoms with Gasteiger partial charge in [-0.2, -0.15) is 0 Å². The molecule has 0 bridgehead atoms. The molecule has 3 aromatic carbocycles.